The molecule has 2 heterocycles. The second-order valence-electron chi connectivity index (χ2n) is 8.28. The van der Waals surface area contributed by atoms with Crippen molar-refractivity contribution in [1.29, 1.82) is 0 Å². The predicted octanol–water partition coefficient (Wildman–Crippen LogP) is 4.42. The molecule has 0 aliphatic rings. The number of nitrogens with one attached hydrogen (secondary N) is 1. The molecule has 2 aromatic carbocycles. The molecule has 0 bridgehead atoms. The number of aliphatic imine (C=N–C) groups is 1. The lowest BCUT2D eigenvalue weighted by Crippen LogP contribution is -2.34. The first-order valence-electron chi connectivity index (χ1n) is 10.8. The van der Waals surface area contributed by atoms with E-state index in [4.69, 9.17) is 9.73 Å². The Morgan fingerprint density at radius 2 is 1.80 bits per heavy atom. The molecule has 35 heavy (non-hydrogen) atoms. The molecule has 0 saturated carbocycles. The van der Waals surface area contributed by atoms with Crippen molar-refractivity contribution in [1.82, 2.24) is 9.88 Å². The fourth-order valence-corrected chi connectivity index (χ4v) is 4.37. The molecule has 0 fully saturated rings. The Kier molecular flexibility index (Phi) is 6.99. The molecule has 0 saturated heterocycles. The number of aromatic amines is 1. The molecule has 0 atom stereocenters. The lowest BCUT2D eigenvalue weighted by Gasteiger charge is -2.19. The van der Waals surface area contributed by atoms with Crippen molar-refractivity contribution < 1.29 is 19.4 Å². The molecule has 0 aliphatic heterocycles. The van der Waals surface area contributed by atoms with Crippen molar-refractivity contribution in [2.45, 2.75) is 0 Å². The van der Waals surface area contributed by atoms with Crippen LogP contribution in [0.2, 0.25) is 0 Å². The Balaban J connectivity index is 1.75. The van der Waals surface area contributed by atoms with E-state index in [0.717, 1.165) is 16.6 Å². The fourth-order valence-electron chi connectivity index (χ4n) is 3.73. The topological polar surface area (TPSA) is 98.2 Å². The maximum Gasteiger partial charge on any atom is 0.337 e. The SMILES string of the molecule is COC(=O)c1ccc2c(C(=Nc3ccc(N(C)C(=O)CN(C)C)cc3)c3ccsc3)c(O)[nH]c2c1. The summed E-state index contributed by atoms with van der Waals surface area (Å²) < 4.78 is 4.80. The molecule has 2 N–H and O–H groups in total. The van der Waals surface area contributed by atoms with Gasteiger partial charge in [0.05, 0.1) is 36.2 Å². The number of benzene rings is 2. The first-order chi connectivity index (χ1) is 16.8. The molecule has 1 amide bonds. The monoisotopic (exact) mass is 490 g/mol. The summed E-state index contributed by atoms with van der Waals surface area (Å²) >= 11 is 1.53. The van der Waals surface area contributed by atoms with Gasteiger partial charge in [0.15, 0.2) is 5.88 Å². The standard InChI is InChI=1S/C26H26N4O4S/c1-29(2)14-22(31)30(3)19-8-6-18(7-9-19)27-24(17-11-12-35-15-17)23-20-10-5-16(26(33)34-4)13-21(20)28-25(23)32/h5-13,15,28,32H,14H2,1-4H3. The molecule has 0 spiro atoms. The Morgan fingerprint density at radius 3 is 2.43 bits per heavy atom. The Bertz CT molecular complexity index is 1390. The number of hydrogen-bond acceptors (Lipinski definition) is 7. The average Bonchev–Trinajstić information content (AvgIpc) is 3.48. The molecule has 0 unspecified atom stereocenters. The first-order valence-corrected chi connectivity index (χ1v) is 11.8. The Hall–Kier alpha value is -3.95. The second kappa shape index (κ2) is 10.1. The maximum absolute atomic E-state index is 12.4. The number of likely N-dealkylation sites (N-methyl/N-ethyl adjacent to an activating group) is 2. The summed E-state index contributed by atoms with van der Waals surface area (Å²) in [5.74, 6) is -0.513. The molecule has 0 aliphatic carbocycles. The summed E-state index contributed by atoms with van der Waals surface area (Å²) in [6.45, 7) is 0.316. The van der Waals surface area contributed by atoms with Crippen molar-refractivity contribution in [2.24, 2.45) is 4.99 Å². The number of aromatic hydroxyl groups is 1. The van der Waals surface area contributed by atoms with Crippen molar-refractivity contribution in [2.75, 3.05) is 39.7 Å². The van der Waals surface area contributed by atoms with Gasteiger partial charge in [-0.1, -0.05) is 6.07 Å². The highest BCUT2D eigenvalue weighted by Crippen LogP contribution is 2.33. The smallest absolute Gasteiger partial charge is 0.337 e. The minimum absolute atomic E-state index is 0.0137. The number of hydrogen-bond donors (Lipinski definition) is 2. The summed E-state index contributed by atoms with van der Waals surface area (Å²) in [5.41, 5.74) is 4.39. The number of methoxy groups -OCH3 is 1. The molecule has 180 valence electrons. The molecule has 0 radical (unpaired) electrons. The van der Waals surface area contributed by atoms with Gasteiger partial charge in [-0.05, 0) is 61.9 Å². The van der Waals surface area contributed by atoms with Gasteiger partial charge in [0.1, 0.15) is 0 Å². The van der Waals surface area contributed by atoms with Gasteiger partial charge in [0, 0.05) is 34.6 Å². The van der Waals surface area contributed by atoms with E-state index in [1.165, 1.54) is 18.4 Å². The number of anilines is 1. The number of aromatic nitrogens is 1. The van der Waals surface area contributed by atoms with Crippen LogP contribution in [0.3, 0.4) is 0 Å². The van der Waals surface area contributed by atoms with Crippen LogP contribution in [0, 0.1) is 0 Å². The fraction of sp³-hybridized carbons (Fsp3) is 0.192. The van der Waals surface area contributed by atoms with Crippen molar-refractivity contribution >= 4 is 51.2 Å². The number of rotatable bonds is 7. The van der Waals surface area contributed by atoms with Crippen LogP contribution in [0.15, 0.2) is 64.3 Å². The number of ether oxygens (including phenoxy) is 1. The van der Waals surface area contributed by atoms with Crippen LogP contribution in [-0.4, -0.2) is 67.4 Å². The zero-order valence-electron chi connectivity index (χ0n) is 19.9. The van der Waals surface area contributed by atoms with Crippen molar-refractivity contribution in [3.05, 3.63) is 76.0 Å². The van der Waals surface area contributed by atoms with E-state index >= 15 is 0 Å². The highest BCUT2D eigenvalue weighted by molar-refractivity contribution is 7.08. The quantitative estimate of drug-likeness (QED) is 0.295. The molecular weight excluding hydrogens is 464 g/mol. The highest BCUT2D eigenvalue weighted by Gasteiger charge is 2.20. The number of fused-ring (bicyclic) bond motifs is 1. The zero-order chi connectivity index (χ0) is 25.1. The minimum Gasteiger partial charge on any atom is -0.494 e. The van der Waals surface area contributed by atoms with E-state index in [1.807, 2.05) is 60.1 Å². The van der Waals surface area contributed by atoms with Gasteiger partial charge in [-0.15, -0.1) is 0 Å². The molecule has 4 rings (SSSR count). The molecular formula is C26H26N4O4S. The molecule has 8 nitrogen and oxygen atoms in total. The van der Waals surface area contributed by atoms with Crippen LogP contribution < -0.4 is 4.90 Å². The third-order valence-corrected chi connectivity index (χ3v) is 6.22. The normalized spacial score (nSPS) is 11.7. The summed E-state index contributed by atoms with van der Waals surface area (Å²) in [6.07, 6.45) is 0. The van der Waals surface area contributed by atoms with Gasteiger partial charge in [-0.2, -0.15) is 11.3 Å². The average molecular weight is 491 g/mol. The zero-order valence-corrected chi connectivity index (χ0v) is 20.7. The van der Waals surface area contributed by atoms with Gasteiger partial charge in [-0.3, -0.25) is 4.79 Å². The van der Waals surface area contributed by atoms with Gasteiger partial charge >= 0.3 is 5.97 Å². The van der Waals surface area contributed by atoms with E-state index in [1.54, 1.807) is 30.1 Å². The van der Waals surface area contributed by atoms with Crippen molar-refractivity contribution in [3.63, 3.8) is 0 Å². The van der Waals surface area contributed by atoms with Crippen LogP contribution >= 0.6 is 11.3 Å². The van der Waals surface area contributed by atoms with Crippen LogP contribution in [0.1, 0.15) is 21.5 Å². The summed E-state index contributed by atoms with van der Waals surface area (Å²) in [5, 5.41) is 15.5. The number of carbonyl (C=O) groups excluding carboxylic acids is 2. The lowest BCUT2D eigenvalue weighted by molar-refractivity contribution is -0.118. The Labute approximate surface area is 207 Å². The minimum atomic E-state index is -0.455. The van der Waals surface area contributed by atoms with Crippen LogP contribution in [0.4, 0.5) is 11.4 Å². The third kappa shape index (κ3) is 5.11. The van der Waals surface area contributed by atoms with Gasteiger partial charge in [-0.25, -0.2) is 9.79 Å². The van der Waals surface area contributed by atoms with Crippen LogP contribution in [0.5, 0.6) is 5.88 Å². The first kappa shape index (κ1) is 24.2. The summed E-state index contributed by atoms with van der Waals surface area (Å²) in [7, 11) is 6.78. The Morgan fingerprint density at radius 1 is 1.06 bits per heavy atom. The molecule has 4 aromatic rings. The van der Waals surface area contributed by atoms with E-state index in [0.29, 0.717) is 34.6 Å². The number of esters is 1. The number of nitrogens with zero attached hydrogens (tertiary/aromatic N) is 3. The van der Waals surface area contributed by atoms with Gasteiger partial charge in [0.2, 0.25) is 5.91 Å². The van der Waals surface area contributed by atoms with E-state index < -0.39 is 5.97 Å². The second-order valence-corrected chi connectivity index (χ2v) is 9.06. The van der Waals surface area contributed by atoms with E-state index in [9.17, 15) is 14.7 Å². The number of amides is 1. The van der Waals surface area contributed by atoms with Gasteiger partial charge in [0.25, 0.3) is 0 Å². The summed E-state index contributed by atoms with van der Waals surface area (Å²) in [4.78, 5) is 35.6. The van der Waals surface area contributed by atoms with Crippen molar-refractivity contribution in [3.8, 4) is 5.88 Å². The highest BCUT2D eigenvalue weighted by atomic mass is 32.1. The number of thiophene rings is 1. The van der Waals surface area contributed by atoms with Gasteiger partial charge < -0.3 is 24.6 Å². The van der Waals surface area contributed by atoms with E-state index in [2.05, 4.69) is 4.98 Å². The number of carbonyl (C=O) groups is 2. The van der Waals surface area contributed by atoms with E-state index in [-0.39, 0.29) is 11.8 Å². The van der Waals surface area contributed by atoms with Crippen LogP contribution in [-0.2, 0) is 9.53 Å². The largest absolute Gasteiger partial charge is 0.494 e. The molecule has 9 heteroatoms. The summed E-state index contributed by atoms with van der Waals surface area (Å²) in [6, 6.07) is 14.4. The molecule has 2 aromatic heterocycles. The third-order valence-electron chi connectivity index (χ3n) is 5.53. The lowest BCUT2D eigenvalue weighted by atomic mass is 10.0. The predicted molar refractivity (Wildman–Crippen MR) is 139 cm³/mol. The maximum atomic E-state index is 12.4. The number of H-pyrrole nitrogens is 1. The van der Waals surface area contributed by atoms with Crippen LogP contribution in [0.25, 0.3) is 10.9 Å².